The second-order valence-corrected chi connectivity index (χ2v) is 5.93. The lowest BCUT2D eigenvalue weighted by Gasteiger charge is -2.32. The number of hydrogen-bond donors (Lipinski definition) is 1. The predicted molar refractivity (Wildman–Crippen MR) is 83.5 cm³/mol. The van der Waals surface area contributed by atoms with Gasteiger partial charge >= 0.3 is 0 Å². The molecule has 2 rings (SSSR count). The Kier molecular flexibility index (Phi) is 6.24. The summed E-state index contributed by atoms with van der Waals surface area (Å²) in [6, 6.07) is 1.83. The maximum Gasteiger partial charge on any atom is 0.265 e. The molecule has 1 aliphatic rings. The van der Waals surface area contributed by atoms with Crippen LogP contribution in [0.3, 0.4) is 0 Å². The van der Waals surface area contributed by atoms with Gasteiger partial charge in [0.1, 0.15) is 11.5 Å². The molecule has 0 bridgehead atoms. The Morgan fingerprint density at radius 3 is 3.24 bits per heavy atom. The highest BCUT2D eigenvalue weighted by Crippen LogP contribution is 2.21. The zero-order valence-corrected chi connectivity index (χ0v) is 13.1. The third-order valence-electron chi connectivity index (χ3n) is 3.38. The van der Waals surface area contributed by atoms with E-state index in [9.17, 15) is 4.79 Å². The van der Waals surface area contributed by atoms with Gasteiger partial charge in [-0.25, -0.2) is 0 Å². The summed E-state index contributed by atoms with van der Waals surface area (Å²) < 4.78 is 5.77. The first-order chi connectivity index (χ1) is 10.3. The fraction of sp³-hybridized carbons (Fsp3) is 0.562. The van der Waals surface area contributed by atoms with Crippen molar-refractivity contribution in [3.63, 3.8) is 0 Å². The zero-order valence-electron chi connectivity index (χ0n) is 12.3. The number of nitrogens with zero attached hydrogens (tertiary/aromatic N) is 1. The lowest BCUT2D eigenvalue weighted by molar-refractivity contribution is 0.00226. The fourth-order valence-electron chi connectivity index (χ4n) is 2.39. The Bertz CT molecular complexity index is 529. The Balaban J connectivity index is 2.04. The Morgan fingerprint density at radius 1 is 1.62 bits per heavy atom. The second kappa shape index (κ2) is 8.18. The minimum Gasteiger partial charge on any atom is -0.384 e. The number of ether oxygens (including phenoxy) is 1. The van der Waals surface area contributed by atoms with Gasteiger partial charge in [0, 0.05) is 25.3 Å². The van der Waals surface area contributed by atoms with Crippen molar-refractivity contribution in [1.29, 1.82) is 0 Å². The van der Waals surface area contributed by atoms with E-state index in [0.29, 0.717) is 17.0 Å². The molecule has 5 heteroatoms. The summed E-state index contributed by atoms with van der Waals surface area (Å²) in [5, 5.41) is 10.6. The van der Waals surface area contributed by atoms with Gasteiger partial charge in [-0.3, -0.25) is 4.79 Å². The molecule has 1 aromatic rings. The van der Waals surface area contributed by atoms with Gasteiger partial charge < -0.3 is 14.7 Å². The van der Waals surface area contributed by atoms with Gasteiger partial charge in [-0.1, -0.05) is 18.8 Å². The average molecular weight is 307 g/mol. The van der Waals surface area contributed by atoms with Gasteiger partial charge in [0.05, 0.1) is 6.10 Å². The van der Waals surface area contributed by atoms with E-state index in [2.05, 4.69) is 18.8 Å². The smallest absolute Gasteiger partial charge is 0.265 e. The number of thiophene rings is 1. The number of carbonyl (C=O) groups excluding carboxylic acids is 1. The lowest BCUT2D eigenvalue weighted by Crippen LogP contribution is -2.43. The topological polar surface area (TPSA) is 49.8 Å². The van der Waals surface area contributed by atoms with Crippen LogP contribution in [-0.2, 0) is 4.74 Å². The average Bonchev–Trinajstić information content (AvgIpc) is 2.98. The second-order valence-electron chi connectivity index (χ2n) is 5.01. The van der Waals surface area contributed by atoms with E-state index < -0.39 is 0 Å². The van der Waals surface area contributed by atoms with Gasteiger partial charge in [0.25, 0.3) is 5.91 Å². The first kappa shape index (κ1) is 16.0. The number of amides is 1. The molecule has 1 unspecified atom stereocenters. The van der Waals surface area contributed by atoms with Crippen molar-refractivity contribution in [2.24, 2.45) is 0 Å². The summed E-state index contributed by atoms with van der Waals surface area (Å²) in [6.07, 6.45) is 3.14. The van der Waals surface area contributed by atoms with Gasteiger partial charge in [0.2, 0.25) is 0 Å². The molecule has 1 aliphatic heterocycles. The van der Waals surface area contributed by atoms with Crippen LogP contribution in [0.25, 0.3) is 0 Å². The van der Waals surface area contributed by atoms with Crippen LogP contribution >= 0.6 is 11.3 Å². The third kappa shape index (κ3) is 4.31. The van der Waals surface area contributed by atoms with E-state index in [-0.39, 0.29) is 18.6 Å². The van der Waals surface area contributed by atoms with Crippen molar-refractivity contribution in [3.05, 3.63) is 21.9 Å². The molecule has 0 aliphatic carbocycles. The van der Waals surface area contributed by atoms with E-state index >= 15 is 0 Å². The largest absolute Gasteiger partial charge is 0.384 e. The summed E-state index contributed by atoms with van der Waals surface area (Å²) in [6.45, 7) is 4.07. The minimum absolute atomic E-state index is 0.0250. The minimum atomic E-state index is -0.194. The standard InChI is InChI=1S/C16H21NO3S/c1-2-10-20-14-6-3-8-17(12-14)16(19)15-13(5-4-9-18)7-11-21-15/h7,11,14,18H,2-3,6,8-10,12H2,1H3. The van der Waals surface area contributed by atoms with Crippen molar-refractivity contribution < 1.29 is 14.6 Å². The van der Waals surface area contributed by atoms with Gasteiger partial charge in [-0.15, -0.1) is 11.3 Å². The molecule has 1 fully saturated rings. The zero-order chi connectivity index (χ0) is 15.1. The maximum absolute atomic E-state index is 12.6. The quantitative estimate of drug-likeness (QED) is 0.867. The molecule has 21 heavy (non-hydrogen) atoms. The molecule has 114 valence electrons. The van der Waals surface area contributed by atoms with Crippen molar-refractivity contribution in [2.75, 3.05) is 26.3 Å². The Morgan fingerprint density at radius 2 is 2.48 bits per heavy atom. The van der Waals surface area contributed by atoms with Crippen LogP contribution in [0.5, 0.6) is 0 Å². The third-order valence-corrected chi connectivity index (χ3v) is 4.29. The molecular formula is C16H21NO3S. The number of rotatable bonds is 4. The lowest BCUT2D eigenvalue weighted by atomic mass is 10.1. The van der Waals surface area contributed by atoms with Crippen LogP contribution in [0.4, 0.5) is 0 Å². The molecule has 2 heterocycles. The molecule has 1 saturated heterocycles. The summed E-state index contributed by atoms with van der Waals surface area (Å²) in [5.41, 5.74) is 0.704. The maximum atomic E-state index is 12.6. The summed E-state index contributed by atoms with van der Waals surface area (Å²) in [7, 11) is 0. The number of aliphatic hydroxyl groups excluding tert-OH is 1. The number of aliphatic hydroxyl groups is 1. The normalized spacial score (nSPS) is 18.2. The van der Waals surface area contributed by atoms with Gasteiger partial charge in [-0.05, 0) is 30.7 Å². The van der Waals surface area contributed by atoms with E-state index in [4.69, 9.17) is 9.84 Å². The van der Waals surface area contributed by atoms with Crippen LogP contribution < -0.4 is 0 Å². The summed E-state index contributed by atoms with van der Waals surface area (Å²) in [4.78, 5) is 15.1. The first-order valence-electron chi connectivity index (χ1n) is 7.34. The van der Waals surface area contributed by atoms with Crippen molar-refractivity contribution in [2.45, 2.75) is 32.3 Å². The number of likely N-dealkylation sites (tertiary alicyclic amines) is 1. The Hall–Kier alpha value is -1.35. The number of hydrogen-bond acceptors (Lipinski definition) is 4. The molecule has 0 radical (unpaired) electrons. The molecule has 1 N–H and O–H groups in total. The van der Waals surface area contributed by atoms with E-state index in [1.54, 1.807) is 0 Å². The van der Waals surface area contributed by atoms with Gasteiger partial charge in [-0.2, -0.15) is 0 Å². The van der Waals surface area contributed by atoms with Crippen molar-refractivity contribution in [3.8, 4) is 11.8 Å². The van der Waals surface area contributed by atoms with E-state index in [1.165, 1.54) is 11.3 Å². The molecule has 0 aromatic carbocycles. The molecule has 0 saturated carbocycles. The highest BCUT2D eigenvalue weighted by molar-refractivity contribution is 7.12. The SMILES string of the molecule is CCCOC1CCCN(C(=O)c2sccc2C#CCO)C1. The van der Waals surface area contributed by atoms with Crippen molar-refractivity contribution >= 4 is 17.2 Å². The van der Waals surface area contributed by atoms with Crippen LogP contribution in [0, 0.1) is 11.8 Å². The molecule has 1 atom stereocenters. The molecular weight excluding hydrogens is 286 g/mol. The molecule has 0 spiro atoms. The highest BCUT2D eigenvalue weighted by atomic mass is 32.1. The summed E-state index contributed by atoms with van der Waals surface area (Å²) in [5.74, 6) is 5.47. The number of carbonyl (C=O) groups is 1. The van der Waals surface area contributed by atoms with Crippen molar-refractivity contribution in [1.82, 2.24) is 4.90 Å². The molecule has 4 nitrogen and oxygen atoms in total. The molecule has 1 amide bonds. The fourth-order valence-corrected chi connectivity index (χ4v) is 3.21. The molecule has 1 aromatic heterocycles. The predicted octanol–water partition coefficient (Wildman–Crippen LogP) is 2.12. The van der Waals surface area contributed by atoms with Crippen LogP contribution in [0.15, 0.2) is 11.4 Å². The van der Waals surface area contributed by atoms with Gasteiger partial charge in [0.15, 0.2) is 0 Å². The monoisotopic (exact) mass is 307 g/mol. The van der Waals surface area contributed by atoms with E-state index in [0.717, 1.165) is 32.4 Å². The summed E-state index contributed by atoms with van der Waals surface area (Å²) >= 11 is 1.40. The van der Waals surface area contributed by atoms with Crippen LogP contribution in [-0.4, -0.2) is 48.3 Å². The van der Waals surface area contributed by atoms with Crippen LogP contribution in [0.2, 0.25) is 0 Å². The highest BCUT2D eigenvalue weighted by Gasteiger charge is 2.26. The first-order valence-corrected chi connectivity index (χ1v) is 8.22. The van der Waals surface area contributed by atoms with Crippen LogP contribution in [0.1, 0.15) is 41.4 Å². The number of piperidine rings is 1. The Labute approximate surface area is 129 Å². The van der Waals surface area contributed by atoms with E-state index in [1.807, 2.05) is 16.3 Å².